The van der Waals surface area contributed by atoms with E-state index in [0.717, 1.165) is 36.6 Å². The van der Waals surface area contributed by atoms with Crippen molar-refractivity contribution in [2.24, 2.45) is 0 Å². The molecule has 0 fully saturated rings. The Morgan fingerprint density at radius 2 is 1.94 bits per heavy atom. The van der Waals surface area contributed by atoms with Gasteiger partial charge in [-0.05, 0) is 26.2 Å². The van der Waals surface area contributed by atoms with Crippen LogP contribution in [-0.4, -0.2) is 16.5 Å². The summed E-state index contributed by atoms with van der Waals surface area (Å²) in [6.07, 6.45) is 3.38. The van der Waals surface area contributed by atoms with Gasteiger partial charge < -0.3 is 5.32 Å². The SMILES string of the molecule is CCNc1nc(-c2ccccc2)nc2c1CCC2. The topological polar surface area (TPSA) is 37.8 Å². The number of aromatic nitrogens is 2. The summed E-state index contributed by atoms with van der Waals surface area (Å²) in [5.74, 6) is 1.87. The number of benzene rings is 1. The first-order chi connectivity index (χ1) is 8.88. The lowest BCUT2D eigenvalue weighted by atomic mass is 10.2. The third-order valence-corrected chi connectivity index (χ3v) is 3.31. The molecule has 92 valence electrons. The van der Waals surface area contributed by atoms with E-state index in [2.05, 4.69) is 29.4 Å². The summed E-state index contributed by atoms with van der Waals surface area (Å²) in [4.78, 5) is 9.40. The van der Waals surface area contributed by atoms with Crippen LogP contribution in [0.5, 0.6) is 0 Å². The second-order valence-electron chi connectivity index (χ2n) is 4.57. The van der Waals surface area contributed by atoms with Crippen LogP contribution in [0.25, 0.3) is 11.4 Å². The molecule has 0 amide bonds. The third-order valence-electron chi connectivity index (χ3n) is 3.31. The average molecular weight is 239 g/mol. The predicted octanol–water partition coefficient (Wildman–Crippen LogP) is 3.06. The molecule has 1 aliphatic carbocycles. The van der Waals surface area contributed by atoms with Crippen LogP contribution in [-0.2, 0) is 12.8 Å². The molecule has 0 radical (unpaired) electrons. The van der Waals surface area contributed by atoms with Crippen LogP contribution in [0.2, 0.25) is 0 Å². The smallest absolute Gasteiger partial charge is 0.161 e. The summed E-state index contributed by atoms with van der Waals surface area (Å²) in [5.41, 5.74) is 3.63. The van der Waals surface area contributed by atoms with Gasteiger partial charge in [0, 0.05) is 23.4 Å². The maximum absolute atomic E-state index is 4.72. The highest BCUT2D eigenvalue weighted by molar-refractivity contribution is 5.60. The van der Waals surface area contributed by atoms with Crippen molar-refractivity contribution in [1.82, 2.24) is 9.97 Å². The number of fused-ring (bicyclic) bond motifs is 1. The van der Waals surface area contributed by atoms with E-state index in [1.54, 1.807) is 0 Å². The van der Waals surface area contributed by atoms with Crippen molar-refractivity contribution in [2.75, 3.05) is 11.9 Å². The highest BCUT2D eigenvalue weighted by atomic mass is 15.0. The first-order valence-corrected chi connectivity index (χ1v) is 6.57. The van der Waals surface area contributed by atoms with Gasteiger partial charge in [-0.25, -0.2) is 9.97 Å². The van der Waals surface area contributed by atoms with Gasteiger partial charge in [0.1, 0.15) is 5.82 Å². The minimum Gasteiger partial charge on any atom is -0.370 e. The summed E-state index contributed by atoms with van der Waals surface area (Å²) in [6.45, 7) is 3.00. The summed E-state index contributed by atoms with van der Waals surface area (Å²) in [6, 6.07) is 10.2. The van der Waals surface area contributed by atoms with Crippen molar-refractivity contribution < 1.29 is 0 Å². The molecule has 1 N–H and O–H groups in total. The van der Waals surface area contributed by atoms with Gasteiger partial charge in [-0.15, -0.1) is 0 Å². The molecule has 1 aromatic carbocycles. The number of anilines is 1. The Morgan fingerprint density at radius 1 is 1.11 bits per heavy atom. The van der Waals surface area contributed by atoms with Crippen molar-refractivity contribution >= 4 is 5.82 Å². The van der Waals surface area contributed by atoms with Crippen LogP contribution in [0.3, 0.4) is 0 Å². The van der Waals surface area contributed by atoms with E-state index in [1.165, 1.54) is 17.7 Å². The maximum atomic E-state index is 4.72. The molecule has 0 aliphatic heterocycles. The Kier molecular flexibility index (Phi) is 2.97. The molecule has 0 bridgehead atoms. The standard InChI is InChI=1S/C15H17N3/c1-2-16-15-12-9-6-10-13(12)17-14(18-15)11-7-4-3-5-8-11/h3-5,7-8H,2,6,9-10H2,1H3,(H,16,17,18). The van der Waals surface area contributed by atoms with Crippen LogP contribution in [0.15, 0.2) is 30.3 Å². The summed E-state index contributed by atoms with van der Waals surface area (Å²) in [7, 11) is 0. The number of aryl methyl sites for hydroxylation is 1. The average Bonchev–Trinajstić information content (AvgIpc) is 2.88. The molecule has 3 nitrogen and oxygen atoms in total. The van der Waals surface area contributed by atoms with Crippen molar-refractivity contribution in [2.45, 2.75) is 26.2 Å². The van der Waals surface area contributed by atoms with E-state index < -0.39 is 0 Å². The normalized spacial score (nSPS) is 13.4. The molecule has 2 aromatic rings. The number of nitrogens with one attached hydrogen (secondary N) is 1. The highest BCUT2D eigenvalue weighted by Crippen LogP contribution is 2.28. The number of hydrogen-bond donors (Lipinski definition) is 1. The minimum absolute atomic E-state index is 0.840. The second kappa shape index (κ2) is 4.77. The lowest BCUT2D eigenvalue weighted by molar-refractivity contribution is 0.900. The fourth-order valence-electron chi connectivity index (χ4n) is 2.46. The van der Waals surface area contributed by atoms with Crippen LogP contribution in [0, 0.1) is 0 Å². The lowest BCUT2D eigenvalue weighted by Gasteiger charge is -2.10. The molecule has 0 spiro atoms. The first kappa shape index (κ1) is 11.2. The van der Waals surface area contributed by atoms with Gasteiger partial charge in [0.15, 0.2) is 5.82 Å². The molecule has 3 rings (SSSR count). The zero-order valence-electron chi connectivity index (χ0n) is 10.6. The number of nitrogens with zero attached hydrogens (tertiary/aromatic N) is 2. The van der Waals surface area contributed by atoms with Gasteiger partial charge in [-0.1, -0.05) is 30.3 Å². The number of rotatable bonds is 3. The number of hydrogen-bond acceptors (Lipinski definition) is 3. The fourth-order valence-corrected chi connectivity index (χ4v) is 2.46. The molecule has 1 aliphatic rings. The lowest BCUT2D eigenvalue weighted by Crippen LogP contribution is -2.06. The van der Waals surface area contributed by atoms with Crippen LogP contribution < -0.4 is 5.32 Å². The predicted molar refractivity (Wildman–Crippen MR) is 73.7 cm³/mol. The van der Waals surface area contributed by atoms with Crippen molar-refractivity contribution in [1.29, 1.82) is 0 Å². The summed E-state index contributed by atoms with van der Waals surface area (Å²) in [5, 5.41) is 3.37. The van der Waals surface area contributed by atoms with Gasteiger partial charge in [-0.2, -0.15) is 0 Å². The summed E-state index contributed by atoms with van der Waals surface area (Å²) >= 11 is 0. The van der Waals surface area contributed by atoms with Crippen molar-refractivity contribution in [3.8, 4) is 11.4 Å². The Morgan fingerprint density at radius 3 is 2.72 bits per heavy atom. The van der Waals surface area contributed by atoms with E-state index in [0.29, 0.717) is 0 Å². The Bertz CT molecular complexity index is 549. The maximum Gasteiger partial charge on any atom is 0.161 e. The van der Waals surface area contributed by atoms with Gasteiger partial charge in [0.05, 0.1) is 0 Å². The van der Waals surface area contributed by atoms with Gasteiger partial charge in [0.25, 0.3) is 0 Å². The van der Waals surface area contributed by atoms with Crippen molar-refractivity contribution in [3.63, 3.8) is 0 Å². The molecular weight excluding hydrogens is 222 g/mol. The van der Waals surface area contributed by atoms with Gasteiger partial charge in [-0.3, -0.25) is 0 Å². The zero-order chi connectivity index (χ0) is 12.4. The van der Waals surface area contributed by atoms with Crippen LogP contribution in [0.4, 0.5) is 5.82 Å². The Hall–Kier alpha value is -1.90. The molecule has 0 unspecified atom stereocenters. The Labute approximate surface area is 107 Å². The first-order valence-electron chi connectivity index (χ1n) is 6.57. The largest absolute Gasteiger partial charge is 0.370 e. The molecule has 0 atom stereocenters. The van der Waals surface area contributed by atoms with E-state index in [9.17, 15) is 0 Å². The van der Waals surface area contributed by atoms with Crippen LogP contribution >= 0.6 is 0 Å². The molecule has 3 heteroatoms. The molecule has 0 saturated carbocycles. The molecular formula is C15H17N3. The Balaban J connectivity index is 2.09. The highest BCUT2D eigenvalue weighted by Gasteiger charge is 2.19. The monoisotopic (exact) mass is 239 g/mol. The summed E-state index contributed by atoms with van der Waals surface area (Å²) < 4.78 is 0. The molecule has 18 heavy (non-hydrogen) atoms. The minimum atomic E-state index is 0.840. The van der Waals surface area contributed by atoms with Crippen LogP contribution in [0.1, 0.15) is 24.6 Å². The van der Waals surface area contributed by atoms with E-state index in [-0.39, 0.29) is 0 Å². The third kappa shape index (κ3) is 1.96. The molecule has 0 saturated heterocycles. The van der Waals surface area contributed by atoms with Gasteiger partial charge in [0.2, 0.25) is 0 Å². The molecule has 1 aromatic heterocycles. The zero-order valence-corrected chi connectivity index (χ0v) is 10.6. The van der Waals surface area contributed by atoms with E-state index in [4.69, 9.17) is 4.98 Å². The quantitative estimate of drug-likeness (QED) is 0.894. The van der Waals surface area contributed by atoms with E-state index >= 15 is 0 Å². The van der Waals surface area contributed by atoms with E-state index in [1.807, 2.05) is 18.2 Å². The van der Waals surface area contributed by atoms with Crippen molar-refractivity contribution in [3.05, 3.63) is 41.6 Å². The fraction of sp³-hybridized carbons (Fsp3) is 0.333. The second-order valence-corrected chi connectivity index (χ2v) is 4.57. The van der Waals surface area contributed by atoms with Gasteiger partial charge >= 0.3 is 0 Å². The molecule has 1 heterocycles.